The predicted molar refractivity (Wildman–Crippen MR) is 126 cm³/mol. The van der Waals surface area contributed by atoms with E-state index in [0.717, 1.165) is 55.2 Å². The van der Waals surface area contributed by atoms with Crippen LogP contribution in [0.15, 0.2) is 57.5 Å². The number of nitrogens with zero attached hydrogens (tertiary/aromatic N) is 3. The van der Waals surface area contributed by atoms with E-state index in [9.17, 15) is 4.79 Å². The Morgan fingerprint density at radius 2 is 1.97 bits per heavy atom. The van der Waals surface area contributed by atoms with Crippen molar-refractivity contribution in [1.82, 2.24) is 20.4 Å². The van der Waals surface area contributed by atoms with Crippen LogP contribution in [0, 0.1) is 5.92 Å². The molecule has 1 amide bonds. The van der Waals surface area contributed by atoms with Crippen LogP contribution in [0.5, 0.6) is 0 Å². The number of amides is 1. The lowest BCUT2D eigenvalue weighted by atomic mass is 9.87. The van der Waals surface area contributed by atoms with Crippen LogP contribution in [-0.2, 0) is 17.8 Å². The first-order valence-corrected chi connectivity index (χ1v) is 12.1. The first-order chi connectivity index (χ1) is 15.7. The Kier molecular flexibility index (Phi) is 6.37. The Hall–Kier alpha value is -2.51. The second-order valence-electron chi connectivity index (χ2n) is 8.72. The summed E-state index contributed by atoms with van der Waals surface area (Å²) in [6.07, 6.45) is 4.98. The standard InChI is InChI=1S/C25H27BrN4O2/c26-20-8-3-7-19(15-20)24-28-23(32-29-24)16-30-13-11-18(12-14-30)25(31)27-22-10-4-6-17-5-1-2-9-21(17)22/h1-3,5,7-9,15,18,22H,4,6,10-14,16H2,(H,27,31). The third-order valence-electron chi connectivity index (χ3n) is 6.55. The minimum Gasteiger partial charge on any atom is -0.349 e. The van der Waals surface area contributed by atoms with E-state index in [1.165, 1.54) is 11.1 Å². The molecule has 1 unspecified atom stereocenters. The second-order valence-corrected chi connectivity index (χ2v) is 9.64. The fourth-order valence-electron chi connectivity index (χ4n) is 4.80. The second kappa shape index (κ2) is 9.55. The molecule has 1 atom stereocenters. The molecule has 6 nitrogen and oxygen atoms in total. The van der Waals surface area contributed by atoms with Gasteiger partial charge in [0.15, 0.2) is 0 Å². The Labute approximate surface area is 196 Å². The number of aryl methyl sites for hydroxylation is 1. The number of fused-ring (bicyclic) bond motifs is 1. The molecule has 1 aliphatic carbocycles. The number of rotatable bonds is 5. The summed E-state index contributed by atoms with van der Waals surface area (Å²) in [7, 11) is 0. The molecule has 32 heavy (non-hydrogen) atoms. The molecule has 0 saturated carbocycles. The van der Waals surface area contributed by atoms with Crippen LogP contribution in [0.1, 0.15) is 48.7 Å². The van der Waals surface area contributed by atoms with Crippen LogP contribution in [0.25, 0.3) is 11.4 Å². The van der Waals surface area contributed by atoms with Crippen LogP contribution < -0.4 is 5.32 Å². The molecule has 3 aromatic rings. The van der Waals surface area contributed by atoms with E-state index < -0.39 is 0 Å². The van der Waals surface area contributed by atoms with Crippen molar-refractivity contribution in [1.29, 1.82) is 0 Å². The first-order valence-electron chi connectivity index (χ1n) is 11.3. The van der Waals surface area contributed by atoms with Crippen LogP contribution in [0.3, 0.4) is 0 Å². The molecule has 166 valence electrons. The van der Waals surface area contributed by atoms with Crippen molar-refractivity contribution in [2.45, 2.75) is 44.7 Å². The molecule has 1 saturated heterocycles. The number of hydrogen-bond donors (Lipinski definition) is 1. The topological polar surface area (TPSA) is 71.3 Å². The van der Waals surface area contributed by atoms with Gasteiger partial charge in [0.1, 0.15) is 0 Å². The molecule has 2 heterocycles. The molecule has 0 radical (unpaired) electrons. The zero-order chi connectivity index (χ0) is 21.9. The Morgan fingerprint density at radius 1 is 1.12 bits per heavy atom. The van der Waals surface area contributed by atoms with Gasteiger partial charge >= 0.3 is 0 Å². The van der Waals surface area contributed by atoms with Gasteiger partial charge in [-0.2, -0.15) is 4.98 Å². The van der Waals surface area contributed by atoms with Crippen LogP contribution >= 0.6 is 15.9 Å². The molecular formula is C25H27BrN4O2. The highest BCUT2D eigenvalue weighted by atomic mass is 79.9. The smallest absolute Gasteiger partial charge is 0.241 e. The molecule has 0 bridgehead atoms. The van der Waals surface area contributed by atoms with Gasteiger partial charge in [0.2, 0.25) is 17.6 Å². The van der Waals surface area contributed by atoms with E-state index in [1.54, 1.807) is 0 Å². The maximum absolute atomic E-state index is 13.0. The normalized spacial score (nSPS) is 19.5. The minimum atomic E-state index is 0.0697. The van der Waals surface area contributed by atoms with E-state index in [2.05, 4.69) is 60.6 Å². The van der Waals surface area contributed by atoms with Crippen LogP contribution in [0.4, 0.5) is 0 Å². The Bertz CT molecular complexity index is 1090. The average molecular weight is 495 g/mol. The van der Waals surface area contributed by atoms with Gasteiger partial charge in [-0.25, -0.2) is 0 Å². The van der Waals surface area contributed by atoms with Gasteiger partial charge in [-0.1, -0.05) is 57.5 Å². The van der Waals surface area contributed by atoms with E-state index in [1.807, 2.05) is 24.3 Å². The van der Waals surface area contributed by atoms with Gasteiger partial charge in [0.25, 0.3) is 0 Å². The third-order valence-corrected chi connectivity index (χ3v) is 7.05. The van der Waals surface area contributed by atoms with Gasteiger partial charge in [-0.05, 0) is 68.5 Å². The molecule has 1 aromatic heterocycles. The lowest BCUT2D eigenvalue weighted by molar-refractivity contribution is -0.127. The third kappa shape index (κ3) is 4.79. The molecule has 2 aromatic carbocycles. The fourth-order valence-corrected chi connectivity index (χ4v) is 5.20. The number of likely N-dealkylation sites (tertiary alicyclic amines) is 1. The molecule has 7 heteroatoms. The number of hydrogen-bond acceptors (Lipinski definition) is 5. The van der Waals surface area contributed by atoms with Crippen LogP contribution in [0.2, 0.25) is 0 Å². The summed E-state index contributed by atoms with van der Waals surface area (Å²) in [4.78, 5) is 19.8. The maximum Gasteiger partial charge on any atom is 0.241 e. The lowest BCUT2D eigenvalue weighted by Gasteiger charge is -2.32. The summed E-state index contributed by atoms with van der Waals surface area (Å²) in [6.45, 7) is 2.33. The summed E-state index contributed by atoms with van der Waals surface area (Å²) in [5.41, 5.74) is 3.59. The molecule has 0 spiro atoms. The summed E-state index contributed by atoms with van der Waals surface area (Å²) in [5, 5.41) is 7.46. The summed E-state index contributed by atoms with van der Waals surface area (Å²) in [6, 6.07) is 16.5. The number of carbonyl (C=O) groups excluding carboxylic acids is 1. The van der Waals surface area contributed by atoms with Crippen molar-refractivity contribution < 1.29 is 9.32 Å². The van der Waals surface area contributed by atoms with E-state index in [4.69, 9.17) is 4.52 Å². The molecule has 1 fully saturated rings. The zero-order valence-electron chi connectivity index (χ0n) is 18.0. The highest BCUT2D eigenvalue weighted by Gasteiger charge is 2.29. The SMILES string of the molecule is O=C(NC1CCCc2ccccc21)C1CCN(Cc2nc(-c3cccc(Br)c3)no2)CC1. The quantitative estimate of drug-likeness (QED) is 0.545. The van der Waals surface area contributed by atoms with E-state index in [-0.39, 0.29) is 17.9 Å². The fraction of sp³-hybridized carbons (Fsp3) is 0.400. The van der Waals surface area contributed by atoms with Gasteiger partial charge in [-0.15, -0.1) is 0 Å². The zero-order valence-corrected chi connectivity index (χ0v) is 19.6. The van der Waals surface area contributed by atoms with E-state index in [0.29, 0.717) is 18.3 Å². The van der Waals surface area contributed by atoms with Gasteiger partial charge in [0.05, 0.1) is 12.6 Å². The predicted octanol–water partition coefficient (Wildman–Crippen LogP) is 4.90. The summed E-state index contributed by atoms with van der Waals surface area (Å²) in [5.74, 6) is 1.48. The minimum absolute atomic E-state index is 0.0697. The van der Waals surface area contributed by atoms with Gasteiger partial charge in [0, 0.05) is 16.0 Å². The van der Waals surface area contributed by atoms with Crippen molar-refractivity contribution in [2.24, 2.45) is 5.92 Å². The number of halogens is 1. The number of piperidine rings is 1. The highest BCUT2D eigenvalue weighted by Crippen LogP contribution is 2.30. The van der Waals surface area contributed by atoms with Crippen molar-refractivity contribution in [3.63, 3.8) is 0 Å². The number of aromatic nitrogens is 2. The molecule has 1 N–H and O–H groups in total. The van der Waals surface area contributed by atoms with Gasteiger partial charge < -0.3 is 9.84 Å². The largest absolute Gasteiger partial charge is 0.349 e. The number of carbonyl (C=O) groups is 1. The average Bonchev–Trinajstić information content (AvgIpc) is 3.28. The van der Waals surface area contributed by atoms with Crippen molar-refractivity contribution >= 4 is 21.8 Å². The van der Waals surface area contributed by atoms with Gasteiger partial charge in [-0.3, -0.25) is 9.69 Å². The summed E-state index contributed by atoms with van der Waals surface area (Å²) < 4.78 is 6.46. The van der Waals surface area contributed by atoms with E-state index >= 15 is 0 Å². The monoisotopic (exact) mass is 494 g/mol. The summed E-state index contributed by atoms with van der Waals surface area (Å²) >= 11 is 3.48. The Morgan fingerprint density at radius 3 is 2.81 bits per heavy atom. The van der Waals surface area contributed by atoms with Crippen LogP contribution in [-0.4, -0.2) is 34.0 Å². The Balaban J connectivity index is 1.14. The molecule has 5 rings (SSSR count). The van der Waals surface area contributed by atoms with Crippen molar-refractivity contribution in [2.75, 3.05) is 13.1 Å². The maximum atomic E-state index is 13.0. The number of benzene rings is 2. The molecule has 2 aliphatic rings. The van der Waals surface area contributed by atoms with Crippen molar-refractivity contribution in [3.8, 4) is 11.4 Å². The first kappa shape index (κ1) is 21.3. The van der Waals surface area contributed by atoms with Crippen molar-refractivity contribution in [3.05, 3.63) is 70.0 Å². The molecule has 1 aliphatic heterocycles. The molecular weight excluding hydrogens is 468 g/mol. The highest BCUT2D eigenvalue weighted by molar-refractivity contribution is 9.10. The number of nitrogens with one attached hydrogen (secondary N) is 1. The lowest BCUT2D eigenvalue weighted by Crippen LogP contribution is -2.41.